The van der Waals surface area contributed by atoms with Crippen molar-refractivity contribution >= 4 is 0 Å². The highest BCUT2D eigenvalue weighted by Gasteiger charge is 2.53. The van der Waals surface area contributed by atoms with Gasteiger partial charge in [0.05, 0.1) is 6.61 Å². The van der Waals surface area contributed by atoms with Crippen molar-refractivity contribution in [2.24, 2.45) is 16.2 Å². The summed E-state index contributed by atoms with van der Waals surface area (Å²) in [5.74, 6) is 0. The molecule has 2 fully saturated rings. The lowest BCUT2D eigenvalue weighted by Gasteiger charge is -2.62. The summed E-state index contributed by atoms with van der Waals surface area (Å²) in [5, 5.41) is 0. The molecule has 0 unspecified atom stereocenters. The van der Waals surface area contributed by atoms with Gasteiger partial charge in [-0.3, -0.25) is 0 Å². The van der Waals surface area contributed by atoms with E-state index < -0.39 is 0 Å². The Bertz CT molecular complexity index is 373. The molecule has 2 rings (SSSR count). The van der Waals surface area contributed by atoms with Crippen molar-refractivity contribution in [3.05, 3.63) is 0 Å². The van der Waals surface area contributed by atoms with Gasteiger partial charge in [0, 0.05) is 32.8 Å². The summed E-state index contributed by atoms with van der Waals surface area (Å²) in [6.45, 7) is 21.3. The summed E-state index contributed by atoms with van der Waals surface area (Å²) in [5.41, 5.74) is 1.31. The fraction of sp³-hybridized carbons (Fsp3) is 1.00. The minimum absolute atomic E-state index is 0.269. The minimum Gasteiger partial charge on any atom is -0.384 e. The normalized spacial score (nSPS) is 22.4. The SMILES string of the molecule is CCN(CC)C1CC2(C1)CN(CC(C)(C)CC(C)(C)COC)C2. The van der Waals surface area contributed by atoms with Crippen LogP contribution in [-0.4, -0.2) is 62.3 Å². The molecule has 0 bridgehead atoms. The van der Waals surface area contributed by atoms with Crippen LogP contribution in [0.4, 0.5) is 0 Å². The number of methoxy groups -OCH3 is 1. The third kappa shape index (κ3) is 4.70. The first-order valence-electron chi connectivity index (χ1n) is 9.60. The van der Waals surface area contributed by atoms with Gasteiger partial charge in [-0.05, 0) is 48.6 Å². The molecule has 23 heavy (non-hydrogen) atoms. The first-order valence-corrected chi connectivity index (χ1v) is 9.60. The lowest BCUT2D eigenvalue weighted by atomic mass is 9.59. The maximum Gasteiger partial charge on any atom is 0.0513 e. The largest absolute Gasteiger partial charge is 0.384 e. The first-order chi connectivity index (χ1) is 10.6. The molecule has 0 N–H and O–H groups in total. The van der Waals surface area contributed by atoms with Crippen molar-refractivity contribution < 1.29 is 4.74 Å². The van der Waals surface area contributed by atoms with Gasteiger partial charge < -0.3 is 14.5 Å². The number of likely N-dealkylation sites (tertiary alicyclic amines) is 1. The molecule has 0 amide bonds. The first kappa shape index (κ1) is 19.2. The van der Waals surface area contributed by atoms with E-state index in [1.165, 1.54) is 52.0 Å². The summed E-state index contributed by atoms with van der Waals surface area (Å²) >= 11 is 0. The second-order valence-corrected chi connectivity index (χ2v) is 9.87. The standard InChI is InChI=1S/C20H40N2O/c1-8-22(9-2)17-10-20(11-17)14-21(15-20)13-18(3,4)12-19(5,6)16-23-7/h17H,8-16H2,1-7H3. The summed E-state index contributed by atoms with van der Waals surface area (Å²) in [7, 11) is 1.82. The van der Waals surface area contributed by atoms with Crippen LogP contribution in [-0.2, 0) is 4.74 Å². The van der Waals surface area contributed by atoms with Gasteiger partial charge in [-0.1, -0.05) is 41.5 Å². The third-order valence-corrected chi connectivity index (χ3v) is 5.93. The highest BCUT2D eigenvalue weighted by molar-refractivity contribution is 5.08. The molecule has 1 aliphatic carbocycles. The summed E-state index contributed by atoms with van der Waals surface area (Å²) in [6.07, 6.45) is 4.08. The van der Waals surface area contributed by atoms with Crippen LogP contribution in [0.1, 0.15) is 60.8 Å². The molecule has 3 heteroatoms. The van der Waals surface area contributed by atoms with Crippen LogP contribution in [0.15, 0.2) is 0 Å². The number of ether oxygens (including phenoxy) is 1. The molecule has 0 radical (unpaired) electrons. The van der Waals surface area contributed by atoms with Crippen LogP contribution in [0.2, 0.25) is 0 Å². The molecular formula is C20H40N2O. The molecule has 136 valence electrons. The number of rotatable bonds is 9. The van der Waals surface area contributed by atoms with E-state index in [9.17, 15) is 0 Å². The summed E-state index contributed by atoms with van der Waals surface area (Å²) in [6, 6.07) is 0.862. The van der Waals surface area contributed by atoms with Gasteiger partial charge in [-0.2, -0.15) is 0 Å². The molecule has 0 aromatic heterocycles. The molecule has 0 aromatic carbocycles. The Hall–Kier alpha value is -0.120. The van der Waals surface area contributed by atoms with Crippen LogP contribution < -0.4 is 0 Å². The highest BCUT2D eigenvalue weighted by atomic mass is 16.5. The van der Waals surface area contributed by atoms with Crippen molar-refractivity contribution in [1.82, 2.24) is 9.80 Å². The molecule has 1 aliphatic heterocycles. The molecule has 2 aliphatic rings. The van der Waals surface area contributed by atoms with Crippen LogP contribution >= 0.6 is 0 Å². The maximum atomic E-state index is 5.39. The lowest BCUT2D eigenvalue weighted by Crippen LogP contribution is -2.67. The zero-order chi connectivity index (χ0) is 17.3. The monoisotopic (exact) mass is 324 g/mol. The van der Waals surface area contributed by atoms with E-state index in [4.69, 9.17) is 4.74 Å². The van der Waals surface area contributed by atoms with Gasteiger partial charge in [0.1, 0.15) is 0 Å². The van der Waals surface area contributed by atoms with E-state index in [1.807, 2.05) is 7.11 Å². The van der Waals surface area contributed by atoms with Crippen LogP contribution in [0.3, 0.4) is 0 Å². The second kappa shape index (κ2) is 7.01. The van der Waals surface area contributed by atoms with Gasteiger partial charge in [-0.15, -0.1) is 0 Å². The van der Waals surface area contributed by atoms with Crippen molar-refractivity contribution in [2.45, 2.75) is 66.8 Å². The molecule has 1 saturated heterocycles. The Kier molecular flexibility index (Phi) is 5.86. The quantitative estimate of drug-likeness (QED) is 0.640. The predicted octanol–water partition coefficient (Wildman–Crippen LogP) is 3.88. The zero-order valence-electron chi connectivity index (χ0n) is 16.7. The van der Waals surface area contributed by atoms with Gasteiger partial charge in [0.25, 0.3) is 0 Å². The van der Waals surface area contributed by atoms with Crippen molar-refractivity contribution in [3.63, 3.8) is 0 Å². The molecule has 1 saturated carbocycles. The smallest absolute Gasteiger partial charge is 0.0513 e. The molecular weight excluding hydrogens is 284 g/mol. The molecule has 1 spiro atoms. The van der Waals surface area contributed by atoms with E-state index in [0.717, 1.165) is 12.6 Å². The lowest BCUT2D eigenvalue weighted by molar-refractivity contribution is -0.119. The minimum atomic E-state index is 0.269. The fourth-order valence-electron chi connectivity index (χ4n) is 5.61. The molecule has 0 atom stereocenters. The number of hydrogen-bond donors (Lipinski definition) is 0. The molecule has 0 aromatic rings. The third-order valence-electron chi connectivity index (χ3n) is 5.93. The van der Waals surface area contributed by atoms with Crippen LogP contribution in [0.25, 0.3) is 0 Å². The van der Waals surface area contributed by atoms with Gasteiger partial charge >= 0.3 is 0 Å². The van der Waals surface area contributed by atoms with Crippen molar-refractivity contribution in [1.29, 1.82) is 0 Å². The maximum absolute atomic E-state index is 5.39. The Morgan fingerprint density at radius 2 is 1.61 bits per heavy atom. The van der Waals surface area contributed by atoms with Gasteiger partial charge in [-0.25, -0.2) is 0 Å². The summed E-state index contributed by atoms with van der Waals surface area (Å²) < 4.78 is 5.39. The van der Waals surface area contributed by atoms with E-state index in [0.29, 0.717) is 10.8 Å². The van der Waals surface area contributed by atoms with Crippen molar-refractivity contribution in [3.8, 4) is 0 Å². The van der Waals surface area contributed by atoms with Crippen LogP contribution in [0, 0.1) is 16.2 Å². The second-order valence-electron chi connectivity index (χ2n) is 9.87. The fourth-order valence-corrected chi connectivity index (χ4v) is 5.61. The average molecular weight is 325 g/mol. The average Bonchev–Trinajstić information content (AvgIpc) is 2.32. The molecule has 3 nitrogen and oxygen atoms in total. The number of hydrogen-bond acceptors (Lipinski definition) is 3. The summed E-state index contributed by atoms with van der Waals surface area (Å²) in [4.78, 5) is 5.34. The zero-order valence-corrected chi connectivity index (χ0v) is 16.7. The van der Waals surface area contributed by atoms with Gasteiger partial charge in [0.2, 0.25) is 0 Å². The number of nitrogens with zero attached hydrogens (tertiary/aromatic N) is 2. The highest BCUT2D eigenvalue weighted by Crippen LogP contribution is 2.51. The van der Waals surface area contributed by atoms with Crippen LogP contribution in [0.5, 0.6) is 0 Å². The van der Waals surface area contributed by atoms with Crippen molar-refractivity contribution in [2.75, 3.05) is 46.4 Å². The van der Waals surface area contributed by atoms with E-state index in [1.54, 1.807) is 0 Å². The van der Waals surface area contributed by atoms with E-state index in [2.05, 4.69) is 51.3 Å². The Balaban J connectivity index is 1.74. The van der Waals surface area contributed by atoms with Gasteiger partial charge in [0.15, 0.2) is 0 Å². The predicted molar refractivity (Wildman–Crippen MR) is 98.9 cm³/mol. The van der Waals surface area contributed by atoms with E-state index >= 15 is 0 Å². The Labute approximate surface area is 144 Å². The Morgan fingerprint density at radius 3 is 2.09 bits per heavy atom. The molecule has 1 heterocycles. The van der Waals surface area contributed by atoms with E-state index in [-0.39, 0.29) is 5.41 Å². The topological polar surface area (TPSA) is 15.7 Å². The Morgan fingerprint density at radius 1 is 1.04 bits per heavy atom.